The number of hydrogen-bond donors (Lipinski definition) is 0. The summed E-state index contributed by atoms with van der Waals surface area (Å²) in [5.41, 5.74) is 2.66. The SMILES string of the molecule is CCC(=O)[C@H]1C2CCC(C[C@@H]1c1ccc(C)cc1)N2C. The van der Waals surface area contributed by atoms with Crippen molar-refractivity contribution in [1.82, 2.24) is 4.90 Å². The minimum absolute atomic E-state index is 0.200. The summed E-state index contributed by atoms with van der Waals surface area (Å²) >= 11 is 0. The second-order valence-electron chi connectivity index (χ2n) is 6.56. The molecule has 0 aliphatic carbocycles. The molecule has 1 aromatic carbocycles. The first-order valence-electron chi connectivity index (χ1n) is 7.93. The van der Waals surface area contributed by atoms with Crippen LogP contribution < -0.4 is 0 Å². The van der Waals surface area contributed by atoms with Gasteiger partial charge in [-0.15, -0.1) is 0 Å². The molecule has 0 amide bonds. The van der Waals surface area contributed by atoms with Crippen LogP contribution in [0.4, 0.5) is 0 Å². The number of nitrogens with zero attached hydrogens (tertiary/aromatic N) is 1. The van der Waals surface area contributed by atoms with Crippen molar-refractivity contribution in [3.63, 3.8) is 0 Å². The van der Waals surface area contributed by atoms with Crippen molar-refractivity contribution in [2.75, 3.05) is 7.05 Å². The molecular weight excluding hydrogens is 246 g/mol. The van der Waals surface area contributed by atoms with E-state index in [1.54, 1.807) is 0 Å². The Bertz CT molecular complexity index is 493. The Labute approximate surface area is 122 Å². The number of Topliss-reactive ketones (excluding diaryl/α,β-unsaturated/α-hetero) is 1. The molecule has 2 nitrogen and oxygen atoms in total. The van der Waals surface area contributed by atoms with E-state index in [1.165, 1.54) is 24.0 Å². The average molecular weight is 271 g/mol. The van der Waals surface area contributed by atoms with Crippen LogP contribution in [0.25, 0.3) is 0 Å². The predicted molar refractivity (Wildman–Crippen MR) is 81.9 cm³/mol. The normalized spacial score (nSPS) is 33.4. The zero-order valence-electron chi connectivity index (χ0n) is 12.8. The van der Waals surface area contributed by atoms with E-state index in [9.17, 15) is 4.79 Å². The second-order valence-corrected chi connectivity index (χ2v) is 6.56. The van der Waals surface area contributed by atoms with E-state index in [-0.39, 0.29) is 5.92 Å². The molecule has 2 bridgehead atoms. The molecule has 0 spiro atoms. The first-order valence-corrected chi connectivity index (χ1v) is 7.93. The lowest BCUT2D eigenvalue weighted by molar-refractivity contribution is -0.126. The van der Waals surface area contributed by atoms with Crippen LogP contribution in [0.3, 0.4) is 0 Å². The van der Waals surface area contributed by atoms with E-state index in [4.69, 9.17) is 0 Å². The summed E-state index contributed by atoms with van der Waals surface area (Å²) in [5, 5.41) is 0. The minimum atomic E-state index is 0.200. The van der Waals surface area contributed by atoms with E-state index in [2.05, 4.69) is 43.1 Å². The molecule has 108 valence electrons. The van der Waals surface area contributed by atoms with Crippen molar-refractivity contribution in [2.24, 2.45) is 5.92 Å². The second kappa shape index (κ2) is 5.33. The molecule has 20 heavy (non-hydrogen) atoms. The Hall–Kier alpha value is -1.15. The zero-order valence-corrected chi connectivity index (χ0v) is 12.8. The van der Waals surface area contributed by atoms with E-state index in [0.29, 0.717) is 30.2 Å². The molecule has 0 radical (unpaired) electrons. The third kappa shape index (κ3) is 2.20. The minimum Gasteiger partial charge on any atom is -0.300 e. The van der Waals surface area contributed by atoms with Crippen molar-refractivity contribution in [3.8, 4) is 0 Å². The standard InChI is InChI=1S/C18H25NO/c1-4-17(20)18-15(13-7-5-12(2)6-8-13)11-14-9-10-16(18)19(14)3/h5-8,14-16,18H,4,9-11H2,1-3H3/t14?,15-,16?,18-/m1/s1. The lowest BCUT2D eigenvalue weighted by Crippen LogP contribution is -2.48. The molecule has 1 aromatic rings. The van der Waals surface area contributed by atoms with E-state index < -0.39 is 0 Å². The summed E-state index contributed by atoms with van der Waals surface area (Å²) < 4.78 is 0. The van der Waals surface area contributed by atoms with Crippen LogP contribution in [0, 0.1) is 12.8 Å². The van der Waals surface area contributed by atoms with Gasteiger partial charge in [0.1, 0.15) is 5.78 Å². The maximum atomic E-state index is 12.5. The first kappa shape index (κ1) is 13.8. The van der Waals surface area contributed by atoms with Gasteiger partial charge in [-0.25, -0.2) is 0 Å². The first-order chi connectivity index (χ1) is 9.61. The summed E-state index contributed by atoms with van der Waals surface area (Å²) in [5.74, 6) is 1.08. The monoisotopic (exact) mass is 271 g/mol. The number of ketones is 1. The molecule has 0 saturated carbocycles. The number of aryl methyl sites for hydroxylation is 1. The number of carbonyl (C=O) groups excluding carboxylic acids is 1. The van der Waals surface area contributed by atoms with E-state index in [0.717, 1.165) is 6.42 Å². The van der Waals surface area contributed by atoms with Crippen molar-refractivity contribution < 1.29 is 4.79 Å². The quantitative estimate of drug-likeness (QED) is 0.838. The van der Waals surface area contributed by atoms with Gasteiger partial charge in [0.25, 0.3) is 0 Å². The molecule has 2 fully saturated rings. The summed E-state index contributed by atoms with van der Waals surface area (Å²) in [6.07, 6.45) is 4.27. The Balaban J connectivity index is 1.95. The van der Waals surface area contributed by atoms with Crippen LogP contribution in [0.2, 0.25) is 0 Å². The number of piperidine rings is 1. The fourth-order valence-corrected chi connectivity index (χ4v) is 4.30. The van der Waals surface area contributed by atoms with Gasteiger partial charge in [-0.05, 0) is 44.7 Å². The molecule has 2 aliphatic heterocycles. The summed E-state index contributed by atoms with van der Waals surface area (Å²) in [6.45, 7) is 4.13. The smallest absolute Gasteiger partial charge is 0.137 e. The van der Waals surface area contributed by atoms with E-state index in [1.807, 2.05) is 6.92 Å². The maximum Gasteiger partial charge on any atom is 0.137 e. The highest BCUT2D eigenvalue weighted by molar-refractivity contribution is 5.82. The van der Waals surface area contributed by atoms with Gasteiger partial charge in [-0.2, -0.15) is 0 Å². The predicted octanol–water partition coefficient (Wildman–Crippen LogP) is 3.54. The highest BCUT2D eigenvalue weighted by Crippen LogP contribution is 2.46. The van der Waals surface area contributed by atoms with Gasteiger partial charge in [-0.3, -0.25) is 9.69 Å². The molecule has 4 atom stereocenters. The third-order valence-electron chi connectivity index (χ3n) is 5.49. The fourth-order valence-electron chi connectivity index (χ4n) is 4.30. The van der Waals surface area contributed by atoms with Crippen molar-refractivity contribution >= 4 is 5.78 Å². The molecule has 2 unspecified atom stereocenters. The summed E-state index contributed by atoms with van der Waals surface area (Å²) in [6, 6.07) is 9.98. The molecule has 2 saturated heterocycles. The van der Waals surface area contributed by atoms with E-state index >= 15 is 0 Å². The molecule has 3 rings (SSSR count). The molecule has 2 heteroatoms. The lowest BCUT2D eigenvalue weighted by atomic mass is 9.73. The highest BCUT2D eigenvalue weighted by atomic mass is 16.1. The van der Waals surface area contributed by atoms with Gasteiger partial charge in [0, 0.05) is 24.4 Å². The Kier molecular flexibility index (Phi) is 3.68. The number of carbonyl (C=O) groups is 1. The van der Waals surface area contributed by atoms with Crippen molar-refractivity contribution in [3.05, 3.63) is 35.4 Å². The molecule has 2 aliphatic rings. The summed E-state index contributed by atoms with van der Waals surface area (Å²) in [7, 11) is 2.21. The topological polar surface area (TPSA) is 20.3 Å². The van der Waals surface area contributed by atoms with Gasteiger partial charge in [0.05, 0.1) is 0 Å². The van der Waals surface area contributed by atoms with Crippen LogP contribution in [-0.4, -0.2) is 29.8 Å². The zero-order chi connectivity index (χ0) is 14.3. The van der Waals surface area contributed by atoms with Gasteiger partial charge in [0.2, 0.25) is 0 Å². The number of fused-ring (bicyclic) bond motifs is 2. The van der Waals surface area contributed by atoms with Crippen LogP contribution >= 0.6 is 0 Å². The highest BCUT2D eigenvalue weighted by Gasteiger charge is 2.48. The Morgan fingerprint density at radius 2 is 1.95 bits per heavy atom. The van der Waals surface area contributed by atoms with Crippen molar-refractivity contribution in [1.29, 1.82) is 0 Å². The van der Waals surface area contributed by atoms with Crippen LogP contribution in [-0.2, 0) is 4.79 Å². The molecular formula is C18H25NO. The van der Waals surface area contributed by atoms with Gasteiger partial charge in [0.15, 0.2) is 0 Å². The largest absolute Gasteiger partial charge is 0.300 e. The van der Waals surface area contributed by atoms with Crippen LogP contribution in [0.1, 0.15) is 49.7 Å². The average Bonchev–Trinajstić information content (AvgIpc) is 2.70. The van der Waals surface area contributed by atoms with Gasteiger partial charge < -0.3 is 0 Å². The molecule has 0 N–H and O–H groups in total. The van der Waals surface area contributed by atoms with Gasteiger partial charge in [-0.1, -0.05) is 36.8 Å². The Morgan fingerprint density at radius 3 is 2.60 bits per heavy atom. The fraction of sp³-hybridized carbons (Fsp3) is 0.611. The Morgan fingerprint density at radius 1 is 1.25 bits per heavy atom. The maximum absolute atomic E-state index is 12.5. The van der Waals surface area contributed by atoms with Gasteiger partial charge >= 0.3 is 0 Å². The van der Waals surface area contributed by atoms with Crippen LogP contribution in [0.5, 0.6) is 0 Å². The van der Waals surface area contributed by atoms with Crippen LogP contribution in [0.15, 0.2) is 24.3 Å². The number of benzene rings is 1. The molecule has 2 heterocycles. The molecule has 0 aromatic heterocycles. The lowest BCUT2D eigenvalue weighted by Gasteiger charge is -2.42. The third-order valence-corrected chi connectivity index (χ3v) is 5.49. The number of rotatable bonds is 3. The summed E-state index contributed by atoms with van der Waals surface area (Å²) in [4.78, 5) is 15.0. The number of hydrogen-bond acceptors (Lipinski definition) is 2. The van der Waals surface area contributed by atoms with Crippen molar-refractivity contribution in [2.45, 2.75) is 57.5 Å².